The van der Waals surface area contributed by atoms with Crippen LogP contribution in [-0.4, -0.2) is 0 Å². The van der Waals surface area contributed by atoms with Crippen molar-refractivity contribution in [1.82, 2.24) is 0 Å². The number of hydrogen-bond donors (Lipinski definition) is 0. The van der Waals surface area contributed by atoms with Gasteiger partial charge >= 0.3 is 0 Å². The Labute approximate surface area is 78.3 Å². The SMILES string of the molecule is CC1(C)C=CC=C(C=CN=O)C=C1. The summed E-state index contributed by atoms with van der Waals surface area (Å²) in [5.74, 6) is 0. The second kappa shape index (κ2) is 3.99. The molecule has 0 amide bonds. The quantitative estimate of drug-likeness (QED) is 0.592. The van der Waals surface area contributed by atoms with Crippen molar-refractivity contribution in [2.75, 3.05) is 0 Å². The highest BCUT2D eigenvalue weighted by atomic mass is 16.2. The third-order valence-corrected chi connectivity index (χ3v) is 1.85. The standard InChI is InChI=1S/C11H13NO/c1-11(2)7-3-4-10(5-8-11)6-9-12-13/h3-9H,1-2H3. The van der Waals surface area contributed by atoms with Crippen molar-refractivity contribution < 1.29 is 0 Å². The molecule has 0 radical (unpaired) electrons. The third kappa shape index (κ3) is 3.20. The first-order valence-corrected chi connectivity index (χ1v) is 4.22. The summed E-state index contributed by atoms with van der Waals surface area (Å²) in [4.78, 5) is 9.85. The third-order valence-electron chi connectivity index (χ3n) is 1.85. The Morgan fingerprint density at radius 3 is 2.85 bits per heavy atom. The van der Waals surface area contributed by atoms with Crippen LogP contribution in [0.3, 0.4) is 0 Å². The van der Waals surface area contributed by atoms with Gasteiger partial charge in [-0.05, 0) is 16.8 Å². The number of allylic oxidation sites excluding steroid dienone is 7. The van der Waals surface area contributed by atoms with Crippen molar-refractivity contribution in [3.8, 4) is 0 Å². The van der Waals surface area contributed by atoms with E-state index in [-0.39, 0.29) is 5.41 Å². The molecule has 1 aliphatic carbocycles. The zero-order valence-corrected chi connectivity index (χ0v) is 7.90. The second-order valence-corrected chi connectivity index (χ2v) is 3.60. The van der Waals surface area contributed by atoms with Crippen LogP contribution in [0, 0.1) is 10.3 Å². The molecule has 1 rings (SSSR count). The lowest BCUT2D eigenvalue weighted by atomic mass is 9.93. The van der Waals surface area contributed by atoms with Gasteiger partial charge in [0.25, 0.3) is 0 Å². The summed E-state index contributed by atoms with van der Waals surface area (Å²) < 4.78 is 0. The molecule has 13 heavy (non-hydrogen) atoms. The van der Waals surface area contributed by atoms with Crippen molar-refractivity contribution in [3.05, 3.63) is 53.1 Å². The van der Waals surface area contributed by atoms with Crippen molar-refractivity contribution in [3.63, 3.8) is 0 Å². The van der Waals surface area contributed by atoms with Crippen LogP contribution in [-0.2, 0) is 0 Å². The molecule has 0 spiro atoms. The summed E-state index contributed by atoms with van der Waals surface area (Å²) >= 11 is 0. The maximum atomic E-state index is 9.85. The molecule has 0 fully saturated rings. The van der Waals surface area contributed by atoms with Gasteiger partial charge in [0.2, 0.25) is 0 Å². The topological polar surface area (TPSA) is 29.4 Å². The van der Waals surface area contributed by atoms with Gasteiger partial charge in [0, 0.05) is 5.41 Å². The van der Waals surface area contributed by atoms with Crippen molar-refractivity contribution >= 4 is 0 Å². The number of hydrogen-bond acceptors (Lipinski definition) is 2. The Morgan fingerprint density at radius 2 is 2.15 bits per heavy atom. The van der Waals surface area contributed by atoms with Gasteiger partial charge in [-0.3, -0.25) is 0 Å². The van der Waals surface area contributed by atoms with Crippen LogP contribution in [0.15, 0.2) is 53.4 Å². The van der Waals surface area contributed by atoms with Gasteiger partial charge in [0.1, 0.15) is 0 Å². The molecule has 2 nitrogen and oxygen atoms in total. The van der Waals surface area contributed by atoms with Crippen molar-refractivity contribution in [1.29, 1.82) is 0 Å². The first-order chi connectivity index (χ1) is 6.14. The molecule has 0 bridgehead atoms. The fraction of sp³-hybridized carbons (Fsp3) is 0.273. The van der Waals surface area contributed by atoms with Gasteiger partial charge < -0.3 is 0 Å². The van der Waals surface area contributed by atoms with Crippen LogP contribution in [0.1, 0.15) is 13.8 Å². The molecule has 0 saturated heterocycles. The summed E-state index contributed by atoms with van der Waals surface area (Å²) in [6, 6.07) is 0. The largest absolute Gasteiger partial charge is 0.145 e. The molecule has 2 heteroatoms. The van der Waals surface area contributed by atoms with E-state index in [0.717, 1.165) is 5.57 Å². The van der Waals surface area contributed by atoms with Crippen molar-refractivity contribution in [2.45, 2.75) is 13.8 Å². The van der Waals surface area contributed by atoms with Gasteiger partial charge in [0.05, 0.1) is 6.20 Å². The molecule has 0 aromatic carbocycles. The summed E-state index contributed by atoms with van der Waals surface area (Å²) in [6.07, 6.45) is 13.1. The molecule has 0 N–H and O–H groups in total. The van der Waals surface area contributed by atoms with Crippen LogP contribution in [0.2, 0.25) is 0 Å². The predicted molar refractivity (Wildman–Crippen MR) is 55.1 cm³/mol. The smallest absolute Gasteiger partial charge is 0.0720 e. The predicted octanol–water partition coefficient (Wildman–Crippen LogP) is 3.35. The lowest BCUT2D eigenvalue weighted by molar-refractivity contribution is 0.627. The molecule has 68 valence electrons. The van der Waals surface area contributed by atoms with Gasteiger partial charge in [0.15, 0.2) is 0 Å². The minimum atomic E-state index is 0.0840. The van der Waals surface area contributed by atoms with E-state index in [2.05, 4.69) is 31.2 Å². The average molecular weight is 175 g/mol. The molecule has 0 aromatic rings. The highest BCUT2D eigenvalue weighted by Crippen LogP contribution is 2.22. The lowest BCUT2D eigenvalue weighted by Crippen LogP contribution is -2.00. The van der Waals surface area contributed by atoms with Crippen molar-refractivity contribution in [2.24, 2.45) is 10.6 Å². The van der Waals surface area contributed by atoms with E-state index < -0.39 is 0 Å². The molecule has 0 aliphatic heterocycles. The van der Waals surface area contributed by atoms with Gasteiger partial charge in [-0.25, -0.2) is 0 Å². The average Bonchev–Trinajstić information content (AvgIpc) is 2.23. The number of nitrogens with zero attached hydrogens (tertiary/aromatic N) is 1. The lowest BCUT2D eigenvalue weighted by Gasteiger charge is -2.12. The van der Waals surface area contributed by atoms with E-state index in [1.54, 1.807) is 6.08 Å². The molecular weight excluding hydrogens is 162 g/mol. The number of rotatable bonds is 2. The van der Waals surface area contributed by atoms with Crippen LogP contribution in [0.4, 0.5) is 0 Å². The Balaban J connectivity index is 2.82. The molecule has 0 heterocycles. The maximum absolute atomic E-state index is 9.85. The van der Waals surface area contributed by atoms with Gasteiger partial charge in [-0.15, -0.1) is 4.91 Å². The van der Waals surface area contributed by atoms with E-state index in [0.29, 0.717) is 0 Å². The Kier molecular flexibility index (Phi) is 2.96. The molecule has 1 aliphatic rings. The maximum Gasteiger partial charge on any atom is 0.0720 e. The highest BCUT2D eigenvalue weighted by molar-refractivity contribution is 5.37. The van der Waals surface area contributed by atoms with Crippen LogP contribution >= 0.6 is 0 Å². The fourth-order valence-corrected chi connectivity index (χ4v) is 1.06. The zero-order valence-electron chi connectivity index (χ0n) is 7.90. The Morgan fingerprint density at radius 1 is 1.38 bits per heavy atom. The summed E-state index contributed by atoms with van der Waals surface area (Å²) in [5, 5.41) is 2.67. The van der Waals surface area contributed by atoms with E-state index in [9.17, 15) is 4.91 Å². The monoisotopic (exact) mass is 175 g/mol. The van der Waals surface area contributed by atoms with E-state index in [1.165, 1.54) is 6.20 Å². The molecule has 0 unspecified atom stereocenters. The minimum absolute atomic E-state index is 0.0840. The summed E-state index contributed by atoms with van der Waals surface area (Å²) in [7, 11) is 0. The molecule has 0 atom stereocenters. The van der Waals surface area contributed by atoms with E-state index in [1.807, 2.05) is 18.2 Å². The summed E-state index contributed by atoms with van der Waals surface area (Å²) in [5.41, 5.74) is 1.07. The van der Waals surface area contributed by atoms with Gasteiger partial charge in [-0.1, -0.05) is 44.2 Å². The first-order valence-electron chi connectivity index (χ1n) is 4.22. The second-order valence-electron chi connectivity index (χ2n) is 3.60. The van der Waals surface area contributed by atoms with Crippen LogP contribution in [0.25, 0.3) is 0 Å². The van der Waals surface area contributed by atoms with Crippen LogP contribution < -0.4 is 0 Å². The Bertz CT molecular complexity index is 306. The van der Waals surface area contributed by atoms with E-state index in [4.69, 9.17) is 0 Å². The van der Waals surface area contributed by atoms with Gasteiger partial charge in [-0.2, -0.15) is 0 Å². The first kappa shape index (κ1) is 9.65. The van der Waals surface area contributed by atoms with Crippen LogP contribution in [0.5, 0.6) is 0 Å². The zero-order chi connectivity index (χ0) is 9.73. The molecule has 0 aromatic heterocycles. The van der Waals surface area contributed by atoms with E-state index >= 15 is 0 Å². The molecular formula is C11H13NO. The summed E-state index contributed by atoms with van der Waals surface area (Å²) in [6.45, 7) is 4.25. The molecule has 0 saturated carbocycles. The highest BCUT2D eigenvalue weighted by Gasteiger charge is 2.09. The fourth-order valence-electron chi connectivity index (χ4n) is 1.06. The number of nitroso groups, excluding NO2 is 1. The minimum Gasteiger partial charge on any atom is -0.145 e. The normalized spacial score (nSPS) is 20.0. The Hall–Kier alpha value is -1.44.